The first kappa shape index (κ1) is 11.5. The van der Waals surface area contributed by atoms with Crippen molar-refractivity contribution in [2.75, 3.05) is 7.11 Å². The molecular weight excluding hydrogens is 291 g/mol. The minimum absolute atomic E-state index is 0.576. The maximum Gasteiger partial charge on any atom is 0.137 e. The van der Waals surface area contributed by atoms with Crippen LogP contribution in [-0.4, -0.2) is 17.3 Å². The number of hydrogen-bond donors (Lipinski definition) is 1. The summed E-state index contributed by atoms with van der Waals surface area (Å²) < 4.78 is 6.05. The highest BCUT2D eigenvalue weighted by molar-refractivity contribution is 9.10. The summed E-state index contributed by atoms with van der Waals surface area (Å²) in [6.07, 6.45) is 0. The second-order valence-corrected chi connectivity index (χ2v) is 4.56. The lowest BCUT2D eigenvalue weighted by atomic mass is 10.1. The predicted molar refractivity (Wildman–Crippen MR) is 68.0 cm³/mol. The molecule has 0 aliphatic rings. The Hall–Kier alpha value is -1.000. The molecule has 0 amide bonds. The van der Waals surface area contributed by atoms with Crippen molar-refractivity contribution in [3.8, 4) is 17.0 Å². The first-order valence-corrected chi connectivity index (χ1v) is 5.85. The summed E-state index contributed by atoms with van der Waals surface area (Å²) in [7, 11) is 1.59. The third-order valence-electron chi connectivity index (χ3n) is 2.30. The van der Waals surface area contributed by atoms with E-state index in [-0.39, 0.29) is 0 Å². The maximum atomic E-state index is 6.06. The number of halogens is 2. The van der Waals surface area contributed by atoms with E-state index in [1.165, 1.54) is 0 Å². The summed E-state index contributed by atoms with van der Waals surface area (Å²) >= 11 is 9.54. The maximum absolute atomic E-state index is 6.06. The standard InChI is InChI=1S/C11H10BrClN2O/c1-6-10(12)11(15-14-6)7-3-4-9(16-2)8(13)5-7/h3-5H,1-2H3,(H,14,15). The Bertz CT molecular complexity index is 525. The van der Waals surface area contributed by atoms with Gasteiger partial charge in [0.15, 0.2) is 0 Å². The van der Waals surface area contributed by atoms with Crippen LogP contribution in [0.5, 0.6) is 5.75 Å². The first-order valence-electron chi connectivity index (χ1n) is 4.68. The van der Waals surface area contributed by atoms with Crippen molar-refractivity contribution in [3.05, 3.63) is 33.4 Å². The first-order chi connectivity index (χ1) is 7.63. The van der Waals surface area contributed by atoms with Crippen LogP contribution in [0.1, 0.15) is 5.69 Å². The number of ether oxygens (including phenoxy) is 1. The lowest BCUT2D eigenvalue weighted by Gasteiger charge is -2.04. The van der Waals surface area contributed by atoms with Gasteiger partial charge in [-0.1, -0.05) is 11.6 Å². The van der Waals surface area contributed by atoms with Crippen LogP contribution in [0.25, 0.3) is 11.3 Å². The highest BCUT2D eigenvalue weighted by atomic mass is 79.9. The minimum atomic E-state index is 0.576. The summed E-state index contributed by atoms with van der Waals surface area (Å²) in [5, 5.41) is 7.70. The summed E-state index contributed by atoms with van der Waals surface area (Å²) in [6.45, 7) is 1.95. The third-order valence-corrected chi connectivity index (χ3v) is 3.56. The Morgan fingerprint density at radius 2 is 2.19 bits per heavy atom. The van der Waals surface area contributed by atoms with Gasteiger partial charge in [0, 0.05) is 11.3 Å². The summed E-state index contributed by atoms with van der Waals surface area (Å²) in [5.41, 5.74) is 2.78. The zero-order valence-electron chi connectivity index (χ0n) is 8.84. The number of hydrogen-bond acceptors (Lipinski definition) is 2. The molecule has 0 saturated carbocycles. The molecular formula is C11H10BrClN2O. The fourth-order valence-electron chi connectivity index (χ4n) is 1.42. The summed E-state index contributed by atoms with van der Waals surface area (Å²) in [5.74, 6) is 0.661. The van der Waals surface area contributed by atoms with E-state index in [1.54, 1.807) is 7.11 Å². The van der Waals surface area contributed by atoms with Crippen LogP contribution in [0.15, 0.2) is 22.7 Å². The monoisotopic (exact) mass is 300 g/mol. The number of aromatic nitrogens is 2. The SMILES string of the molecule is COc1ccc(-c2n[nH]c(C)c2Br)cc1Cl. The third kappa shape index (κ3) is 1.95. The summed E-state index contributed by atoms with van der Waals surface area (Å²) in [4.78, 5) is 0. The molecule has 0 aliphatic heterocycles. The topological polar surface area (TPSA) is 37.9 Å². The molecule has 0 bridgehead atoms. The molecule has 0 spiro atoms. The number of rotatable bonds is 2. The molecule has 16 heavy (non-hydrogen) atoms. The van der Waals surface area contributed by atoms with E-state index in [1.807, 2.05) is 25.1 Å². The van der Waals surface area contributed by atoms with E-state index in [9.17, 15) is 0 Å². The molecule has 2 rings (SSSR count). The zero-order chi connectivity index (χ0) is 11.7. The van der Waals surface area contributed by atoms with E-state index < -0.39 is 0 Å². The molecule has 3 nitrogen and oxygen atoms in total. The van der Waals surface area contributed by atoms with E-state index in [0.717, 1.165) is 21.4 Å². The van der Waals surface area contributed by atoms with Crippen LogP contribution in [-0.2, 0) is 0 Å². The molecule has 84 valence electrons. The number of benzene rings is 1. The molecule has 1 N–H and O–H groups in total. The van der Waals surface area contributed by atoms with Crippen LogP contribution < -0.4 is 4.74 Å². The Kier molecular flexibility index (Phi) is 3.21. The Balaban J connectivity index is 2.49. The molecule has 0 saturated heterocycles. The van der Waals surface area contributed by atoms with E-state index >= 15 is 0 Å². The Labute approximate surface area is 107 Å². The quantitative estimate of drug-likeness (QED) is 0.916. The number of nitrogens with one attached hydrogen (secondary N) is 1. The normalized spacial score (nSPS) is 10.5. The van der Waals surface area contributed by atoms with Gasteiger partial charge >= 0.3 is 0 Å². The highest BCUT2D eigenvalue weighted by Crippen LogP contribution is 2.33. The molecule has 5 heteroatoms. The molecule has 0 radical (unpaired) electrons. The van der Waals surface area contributed by atoms with Gasteiger partial charge in [0.05, 0.1) is 16.6 Å². The van der Waals surface area contributed by atoms with Gasteiger partial charge in [-0.3, -0.25) is 5.10 Å². The molecule has 1 heterocycles. The largest absolute Gasteiger partial charge is 0.495 e. The van der Waals surface area contributed by atoms with Crippen molar-refractivity contribution in [2.24, 2.45) is 0 Å². The average Bonchev–Trinajstić information content (AvgIpc) is 2.60. The van der Waals surface area contributed by atoms with Crippen molar-refractivity contribution in [1.29, 1.82) is 0 Å². The van der Waals surface area contributed by atoms with Crippen molar-refractivity contribution < 1.29 is 4.74 Å². The van der Waals surface area contributed by atoms with Crippen LogP contribution >= 0.6 is 27.5 Å². The molecule has 0 atom stereocenters. The Morgan fingerprint density at radius 3 is 2.69 bits per heavy atom. The number of aryl methyl sites for hydroxylation is 1. The zero-order valence-corrected chi connectivity index (χ0v) is 11.2. The number of H-pyrrole nitrogens is 1. The van der Waals surface area contributed by atoms with E-state index in [2.05, 4.69) is 26.1 Å². The minimum Gasteiger partial charge on any atom is -0.495 e. The van der Waals surface area contributed by atoms with Crippen LogP contribution in [0.3, 0.4) is 0 Å². The van der Waals surface area contributed by atoms with Gasteiger partial charge < -0.3 is 4.74 Å². The van der Waals surface area contributed by atoms with E-state index in [0.29, 0.717) is 10.8 Å². The van der Waals surface area contributed by atoms with Gasteiger partial charge in [0.2, 0.25) is 0 Å². The molecule has 2 aromatic rings. The van der Waals surface area contributed by atoms with Crippen molar-refractivity contribution in [1.82, 2.24) is 10.2 Å². The van der Waals surface area contributed by atoms with Gasteiger partial charge in [-0.25, -0.2) is 0 Å². The fourth-order valence-corrected chi connectivity index (χ4v) is 2.08. The highest BCUT2D eigenvalue weighted by Gasteiger charge is 2.11. The van der Waals surface area contributed by atoms with Crippen LogP contribution in [0.2, 0.25) is 5.02 Å². The van der Waals surface area contributed by atoms with Gasteiger partial charge in [-0.2, -0.15) is 5.10 Å². The van der Waals surface area contributed by atoms with Crippen molar-refractivity contribution in [2.45, 2.75) is 6.92 Å². The van der Waals surface area contributed by atoms with Crippen LogP contribution in [0.4, 0.5) is 0 Å². The average molecular weight is 302 g/mol. The van der Waals surface area contributed by atoms with Gasteiger partial charge in [-0.05, 0) is 41.1 Å². The number of nitrogens with zero attached hydrogens (tertiary/aromatic N) is 1. The molecule has 0 fully saturated rings. The number of methoxy groups -OCH3 is 1. The number of aromatic amines is 1. The fraction of sp³-hybridized carbons (Fsp3) is 0.182. The Morgan fingerprint density at radius 1 is 1.44 bits per heavy atom. The predicted octanol–water partition coefficient (Wildman–Crippen LogP) is 3.81. The van der Waals surface area contributed by atoms with Crippen molar-refractivity contribution >= 4 is 27.5 Å². The molecule has 0 aliphatic carbocycles. The lowest BCUT2D eigenvalue weighted by molar-refractivity contribution is 0.415. The lowest BCUT2D eigenvalue weighted by Crippen LogP contribution is -1.85. The molecule has 1 aromatic heterocycles. The van der Waals surface area contributed by atoms with E-state index in [4.69, 9.17) is 16.3 Å². The second-order valence-electron chi connectivity index (χ2n) is 3.36. The molecule has 0 unspecified atom stereocenters. The molecule has 1 aromatic carbocycles. The summed E-state index contributed by atoms with van der Waals surface area (Å²) in [6, 6.07) is 5.58. The van der Waals surface area contributed by atoms with Gasteiger partial charge in [0.1, 0.15) is 11.4 Å². The van der Waals surface area contributed by atoms with Crippen LogP contribution in [0, 0.1) is 6.92 Å². The van der Waals surface area contributed by atoms with Gasteiger partial charge in [0.25, 0.3) is 0 Å². The van der Waals surface area contributed by atoms with Gasteiger partial charge in [-0.15, -0.1) is 0 Å². The smallest absolute Gasteiger partial charge is 0.137 e. The second kappa shape index (κ2) is 4.47. The van der Waals surface area contributed by atoms with Crippen molar-refractivity contribution in [3.63, 3.8) is 0 Å².